The lowest BCUT2D eigenvalue weighted by molar-refractivity contribution is -0.258. The van der Waals surface area contributed by atoms with E-state index in [-0.39, 0.29) is 48.0 Å². The number of allylic oxidation sites excluding steroid dienone is 1. The molecule has 2 fully saturated rings. The monoisotopic (exact) mass is 429 g/mol. The summed E-state index contributed by atoms with van der Waals surface area (Å²) in [6, 6.07) is -0.230. The molecule has 9 heteroatoms. The molecule has 0 amide bonds. The average Bonchev–Trinajstić information content (AvgIpc) is 2.74. The highest BCUT2D eigenvalue weighted by Gasteiger charge is 2.41. The zero-order valence-electron chi connectivity index (χ0n) is 18.2. The lowest BCUT2D eigenvalue weighted by Gasteiger charge is -2.46. The third-order valence-corrected chi connectivity index (χ3v) is 5.76. The Hall–Kier alpha value is -1.33. The number of ketones is 1. The second-order valence-electron chi connectivity index (χ2n) is 7.79. The predicted molar refractivity (Wildman–Crippen MR) is 109 cm³/mol. The maximum atomic E-state index is 11.6. The van der Waals surface area contributed by atoms with Gasteiger partial charge in [-0.05, 0) is 20.8 Å². The molecule has 30 heavy (non-hydrogen) atoms. The van der Waals surface area contributed by atoms with E-state index in [0.717, 1.165) is 0 Å². The van der Waals surface area contributed by atoms with E-state index in [0.29, 0.717) is 26.1 Å². The summed E-state index contributed by atoms with van der Waals surface area (Å²) in [6.45, 7) is 9.97. The molecule has 0 radical (unpaired) electrons. The maximum Gasteiger partial charge on any atom is 0.169 e. The first-order chi connectivity index (χ1) is 14.2. The van der Waals surface area contributed by atoms with Gasteiger partial charge in [0.15, 0.2) is 18.4 Å². The number of hydrogen-bond donors (Lipinski definition) is 3. The number of carbonyl (C=O) groups is 1. The molecule has 2 rings (SSSR count). The second-order valence-corrected chi connectivity index (χ2v) is 7.79. The molecule has 0 aromatic rings. The van der Waals surface area contributed by atoms with Crippen LogP contribution in [0.3, 0.4) is 0 Å². The van der Waals surface area contributed by atoms with Crippen LogP contribution < -0.4 is 0 Å². The zero-order valence-corrected chi connectivity index (χ0v) is 18.2. The fourth-order valence-corrected chi connectivity index (χ4v) is 3.74. The fourth-order valence-electron chi connectivity index (χ4n) is 3.74. The Bertz CT molecular complexity index is 636. The van der Waals surface area contributed by atoms with Crippen molar-refractivity contribution < 1.29 is 39.1 Å². The van der Waals surface area contributed by atoms with Gasteiger partial charge in [-0.15, -0.1) is 0 Å². The van der Waals surface area contributed by atoms with Crippen LogP contribution in [-0.4, -0.2) is 96.3 Å². The SMILES string of the molecule is C=C(/C(O)=C(\C)C(C)=O)[C@H](CCO)OC1C[C@H](N2CCO[C@H](OC)C2)[C@H](O)[C@H](C)O1. The van der Waals surface area contributed by atoms with Gasteiger partial charge in [-0.3, -0.25) is 9.69 Å². The van der Waals surface area contributed by atoms with Crippen LogP contribution >= 0.6 is 0 Å². The Morgan fingerprint density at radius 2 is 2.03 bits per heavy atom. The van der Waals surface area contributed by atoms with Crippen molar-refractivity contribution in [2.45, 2.75) is 70.5 Å². The largest absolute Gasteiger partial charge is 0.507 e. The van der Waals surface area contributed by atoms with E-state index in [9.17, 15) is 20.1 Å². The Morgan fingerprint density at radius 1 is 1.33 bits per heavy atom. The van der Waals surface area contributed by atoms with Crippen molar-refractivity contribution in [3.63, 3.8) is 0 Å². The smallest absolute Gasteiger partial charge is 0.169 e. The van der Waals surface area contributed by atoms with Crippen LogP contribution in [0.25, 0.3) is 0 Å². The summed E-state index contributed by atoms with van der Waals surface area (Å²) in [5.41, 5.74) is 0.387. The molecule has 172 valence electrons. The van der Waals surface area contributed by atoms with Crippen LogP contribution in [0.4, 0.5) is 0 Å². The van der Waals surface area contributed by atoms with E-state index >= 15 is 0 Å². The topological polar surface area (TPSA) is 118 Å². The third kappa shape index (κ3) is 6.10. The van der Waals surface area contributed by atoms with Crippen molar-refractivity contribution in [1.29, 1.82) is 0 Å². The van der Waals surface area contributed by atoms with Crippen LogP contribution in [0.15, 0.2) is 23.5 Å². The van der Waals surface area contributed by atoms with E-state index in [1.165, 1.54) is 13.8 Å². The number of aliphatic hydroxyl groups excluding tert-OH is 3. The minimum atomic E-state index is -0.742. The number of hydrogen-bond acceptors (Lipinski definition) is 9. The molecule has 0 aliphatic carbocycles. The summed E-state index contributed by atoms with van der Waals surface area (Å²) in [7, 11) is 1.58. The van der Waals surface area contributed by atoms with Gasteiger partial charge >= 0.3 is 0 Å². The first-order valence-electron chi connectivity index (χ1n) is 10.3. The molecule has 2 saturated heterocycles. The lowest BCUT2D eigenvalue weighted by atomic mass is 9.97. The second kappa shape index (κ2) is 11.3. The molecule has 0 spiro atoms. The summed E-state index contributed by atoms with van der Waals surface area (Å²) < 4.78 is 22.7. The van der Waals surface area contributed by atoms with Crippen LogP contribution in [0.1, 0.15) is 33.6 Å². The summed E-state index contributed by atoms with van der Waals surface area (Å²) in [4.78, 5) is 13.7. The molecule has 0 aromatic heterocycles. The molecular weight excluding hydrogens is 394 g/mol. The van der Waals surface area contributed by atoms with E-state index < -0.39 is 24.6 Å². The van der Waals surface area contributed by atoms with Gasteiger partial charge in [-0.25, -0.2) is 0 Å². The number of ether oxygens (including phenoxy) is 4. The fraction of sp³-hybridized carbons (Fsp3) is 0.762. The van der Waals surface area contributed by atoms with Crippen molar-refractivity contribution in [1.82, 2.24) is 4.90 Å². The van der Waals surface area contributed by atoms with Crippen molar-refractivity contribution >= 4 is 5.78 Å². The number of methoxy groups -OCH3 is 1. The molecule has 2 aliphatic rings. The summed E-state index contributed by atoms with van der Waals surface area (Å²) in [6.07, 6.45) is -2.42. The van der Waals surface area contributed by atoms with Gasteiger partial charge in [0, 0.05) is 56.8 Å². The first kappa shape index (κ1) is 24.9. The number of Topliss-reactive ketones (excluding diaryl/α,β-unsaturated/α-hetero) is 1. The van der Waals surface area contributed by atoms with Crippen molar-refractivity contribution in [2.24, 2.45) is 0 Å². The first-order valence-corrected chi connectivity index (χ1v) is 10.3. The molecule has 0 bridgehead atoms. The maximum absolute atomic E-state index is 11.6. The van der Waals surface area contributed by atoms with Gasteiger partial charge in [0.2, 0.25) is 0 Å². The lowest BCUT2D eigenvalue weighted by Crippen LogP contribution is -2.59. The molecule has 9 nitrogen and oxygen atoms in total. The van der Waals surface area contributed by atoms with E-state index in [2.05, 4.69) is 11.5 Å². The van der Waals surface area contributed by atoms with Crippen molar-refractivity contribution in [2.75, 3.05) is 33.4 Å². The predicted octanol–water partition coefficient (Wildman–Crippen LogP) is 0.900. The standard InChI is InChI=1S/C21H35NO8/c1-12(14(3)24)20(25)13(2)17(6-8-23)30-18-10-16(21(26)15(4)29-18)22-7-9-28-19(11-22)27-5/h15-19,21,23,25-26H,2,6-11H2,1,3-5H3/b20-12-/t15-,16-,17-,18?,19-,21+/m0/s1. The highest BCUT2D eigenvalue weighted by Crippen LogP contribution is 2.30. The summed E-state index contributed by atoms with van der Waals surface area (Å²) in [5.74, 6) is -0.514. The summed E-state index contributed by atoms with van der Waals surface area (Å²) >= 11 is 0. The minimum Gasteiger partial charge on any atom is -0.507 e. The number of nitrogens with zero attached hydrogens (tertiary/aromatic N) is 1. The number of rotatable bonds is 9. The molecule has 0 saturated carbocycles. The number of aliphatic hydroxyl groups is 3. The van der Waals surface area contributed by atoms with Gasteiger partial charge < -0.3 is 34.3 Å². The van der Waals surface area contributed by atoms with Gasteiger partial charge in [0.25, 0.3) is 0 Å². The van der Waals surface area contributed by atoms with Gasteiger partial charge in [0.05, 0.1) is 24.9 Å². The molecular formula is C21H35NO8. The van der Waals surface area contributed by atoms with Gasteiger partial charge in [-0.1, -0.05) is 6.58 Å². The zero-order chi connectivity index (χ0) is 22.4. The Kier molecular flexibility index (Phi) is 9.42. The Balaban J connectivity index is 2.13. The van der Waals surface area contributed by atoms with Crippen LogP contribution in [-0.2, 0) is 23.7 Å². The molecule has 3 N–H and O–H groups in total. The van der Waals surface area contributed by atoms with Gasteiger partial charge in [0.1, 0.15) is 5.76 Å². The summed E-state index contributed by atoms with van der Waals surface area (Å²) in [5, 5.41) is 30.5. The van der Waals surface area contributed by atoms with Crippen LogP contribution in [0.5, 0.6) is 0 Å². The third-order valence-electron chi connectivity index (χ3n) is 5.76. The average molecular weight is 430 g/mol. The number of carbonyl (C=O) groups excluding carboxylic acids is 1. The molecule has 2 heterocycles. The molecule has 0 aromatic carbocycles. The van der Waals surface area contributed by atoms with Gasteiger partial charge in [-0.2, -0.15) is 0 Å². The highest BCUT2D eigenvalue weighted by molar-refractivity contribution is 5.93. The van der Waals surface area contributed by atoms with E-state index in [1.807, 2.05) is 0 Å². The van der Waals surface area contributed by atoms with Crippen LogP contribution in [0, 0.1) is 0 Å². The number of morpholine rings is 1. The van der Waals surface area contributed by atoms with E-state index in [4.69, 9.17) is 18.9 Å². The Morgan fingerprint density at radius 3 is 2.63 bits per heavy atom. The normalized spacial score (nSPS) is 32.4. The van der Waals surface area contributed by atoms with Crippen molar-refractivity contribution in [3.05, 3.63) is 23.5 Å². The van der Waals surface area contributed by atoms with Crippen LogP contribution in [0.2, 0.25) is 0 Å². The Labute approximate surface area is 177 Å². The molecule has 1 unspecified atom stereocenters. The highest BCUT2D eigenvalue weighted by atomic mass is 16.7. The van der Waals surface area contributed by atoms with Crippen molar-refractivity contribution in [3.8, 4) is 0 Å². The molecule has 6 atom stereocenters. The quantitative estimate of drug-likeness (QED) is 0.279. The molecule has 2 aliphatic heterocycles. The minimum absolute atomic E-state index is 0.177. The van der Waals surface area contributed by atoms with E-state index in [1.54, 1.807) is 14.0 Å².